The fraction of sp³-hybridized carbons (Fsp3) is 0.600. The lowest BCUT2D eigenvalue weighted by Gasteiger charge is -1.81. The minimum atomic E-state index is 1.01. The van der Waals surface area contributed by atoms with Crippen molar-refractivity contribution < 1.29 is 0 Å². The van der Waals surface area contributed by atoms with Gasteiger partial charge >= 0.3 is 0 Å². The molecule has 0 aliphatic carbocycles. The van der Waals surface area contributed by atoms with Gasteiger partial charge in [0.1, 0.15) is 0 Å². The third-order valence-corrected chi connectivity index (χ3v) is 1.19. The molecule has 1 radical (unpaired) electrons. The standard InChI is InChI=1S/C5H9S/c1-3-5(6)4-2/h3H,4H2,1-2H3/b5-3+. The Balaban J connectivity index is 3.22. The largest absolute Gasteiger partial charge is 0.0853 e. The van der Waals surface area contributed by atoms with Crippen LogP contribution in [0.25, 0.3) is 0 Å². The number of rotatable bonds is 1. The van der Waals surface area contributed by atoms with Crippen LogP contribution in [-0.2, 0) is 0 Å². The fourth-order valence-electron chi connectivity index (χ4n) is 0.204. The van der Waals surface area contributed by atoms with E-state index in [0.29, 0.717) is 0 Å². The van der Waals surface area contributed by atoms with Crippen molar-refractivity contribution in [1.29, 1.82) is 0 Å². The summed E-state index contributed by atoms with van der Waals surface area (Å²) in [6.45, 7) is 4.02. The SMILES string of the molecule is C/C=C(/[S])CC. The Hall–Kier alpha value is -0.0400. The van der Waals surface area contributed by atoms with Gasteiger partial charge in [0, 0.05) is 4.91 Å². The minimum absolute atomic E-state index is 1.01. The Labute approximate surface area is 44.7 Å². The van der Waals surface area contributed by atoms with E-state index in [-0.39, 0.29) is 0 Å². The second-order valence-corrected chi connectivity index (χ2v) is 1.63. The molecular weight excluding hydrogens is 92.1 g/mol. The molecule has 0 fully saturated rings. The molecule has 1 heteroatoms. The molecule has 0 aliphatic heterocycles. The van der Waals surface area contributed by atoms with Gasteiger partial charge in [-0.2, -0.15) is 0 Å². The van der Waals surface area contributed by atoms with Crippen LogP contribution in [0, 0.1) is 0 Å². The molecule has 0 aromatic rings. The molecule has 0 saturated carbocycles. The van der Waals surface area contributed by atoms with E-state index in [0.717, 1.165) is 11.3 Å². The molecule has 0 rings (SSSR count). The zero-order valence-corrected chi connectivity index (χ0v) is 5.01. The van der Waals surface area contributed by atoms with Crippen molar-refractivity contribution in [1.82, 2.24) is 0 Å². The summed E-state index contributed by atoms with van der Waals surface area (Å²) < 4.78 is 0. The van der Waals surface area contributed by atoms with E-state index < -0.39 is 0 Å². The average molecular weight is 101 g/mol. The maximum Gasteiger partial charge on any atom is 0.0106 e. The molecule has 0 bridgehead atoms. The molecule has 0 aliphatic rings. The lowest BCUT2D eigenvalue weighted by molar-refractivity contribution is 1.20. The lowest BCUT2D eigenvalue weighted by atomic mass is 10.4. The van der Waals surface area contributed by atoms with E-state index >= 15 is 0 Å². The normalized spacial score (nSPS) is 12.0. The maximum atomic E-state index is 4.80. The van der Waals surface area contributed by atoms with E-state index in [1.54, 1.807) is 0 Å². The predicted octanol–water partition coefficient (Wildman–Crippen LogP) is 2.50. The molecule has 0 nitrogen and oxygen atoms in total. The predicted molar refractivity (Wildman–Crippen MR) is 31.6 cm³/mol. The second kappa shape index (κ2) is 3.16. The first-order valence-electron chi connectivity index (χ1n) is 2.13. The van der Waals surface area contributed by atoms with Crippen LogP contribution in [0.5, 0.6) is 0 Å². The van der Waals surface area contributed by atoms with Crippen LogP contribution < -0.4 is 0 Å². The number of hydrogen-bond acceptors (Lipinski definition) is 0. The van der Waals surface area contributed by atoms with E-state index in [2.05, 4.69) is 6.92 Å². The minimum Gasteiger partial charge on any atom is -0.0853 e. The van der Waals surface area contributed by atoms with Gasteiger partial charge < -0.3 is 0 Å². The van der Waals surface area contributed by atoms with E-state index in [9.17, 15) is 0 Å². The van der Waals surface area contributed by atoms with Crippen LogP contribution in [0.3, 0.4) is 0 Å². The van der Waals surface area contributed by atoms with E-state index in [1.165, 1.54) is 0 Å². The van der Waals surface area contributed by atoms with Gasteiger partial charge in [-0.1, -0.05) is 25.6 Å². The van der Waals surface area contributed by atoms with Crippen LogP contribution in [0.2, 0.25) is 0 Å². The highest BCUT2D eigenvalue weighted by Gasteiger charge is 1.76. The first kappa shape index (κ1) is 5.96. The Kier molecular flexibility index (Phi) is 3.14. The molecule has 0 aromatic heterocycles. The Morgan fingerprint density at radius 2 is 2.33 bits per heavy atom. The molecule has 0 aromatic carbocycles. The Morgan fingerprint density at radius 3 is 2.33 bits per heavy atom. The molecule has 0 amide bonds. The lowest BCUT2D eigenvalue weighted by Crippen LogP contribution is -1.59. The summed E-state index contributed by atoms with van der Waals surface area (Å²) in [5.74, 6) is 0. The van der Waals surface area contributed by atoms with Gasteiger partial charge in [0.15, 0.2) is 0 Å². The first-order chi connectivity index (χ1) is 2.81. The molecule has 0 N–H and O–H groups in total. The number of allylic oxidation sites excluding steroid dienone is 2. The molecule has 0 spiro atoms. The van der Waals surface area contributed by atoms with Crippen molar-refractivity contribution in [3.8, 4) is 0 Å². The van der Waals surface area contributed by atoms with Gasteiger partial charge in [0.25, 0.3) is 0 Å². The highest BCUT2D eigenvalue weighted by molar-refractivity contribution is 7.84. The monoisotopic (exact) mass is 101 g/mol. The van der Waals surface area contributed by atoms with Crippen LogP contribution >= 0.6 is 12.6 Å². The smallest absolute Gasteiger partial charge is 0.0106 e. The van der Waals surface area contributed by atoms with Crippen LogP contribution in [0.4, 0.5) is 0 Å². The summed E-state index contributed by atoms with van der Waals surface area (Å²) in [6, 6.07) is 0. The molecule has 0 saturated heterocycles. The number of hydrogen-bond donors (Lipinski definition) is 0. The van der Waals surface area contributed by atoms with Crippen LogP contribution in [0.15, 0.2) is 11.0 Å². The van der Waals surface area contributed by atoms with Crippen LogP contribution in [0.1, 0.15) is 20.3 Å². The summed E-state index contributed by atoms with van der Waals surface area (Å²) in [5, 5.41) is 0. The summed E-state index contributed by atoms with van der Waals surface area (Å²) in [5.41, 5.74) is 0. The van der Waals surface area contributed by atoms with Crippen molar-refractivity contribution in [2.45, 2.75) is 20.3 Å². The topological polar surface area (TPSA) is 0 Å². The summed E-state index contributed by atoms with van der Waals surface area (Å²) in [7, 11) is 0. The Bertz CT molecular complexity index is 55.0. The van der Waals surface area contributed by atoms with Crippen molar-refractivity contribution in [3.05, 3.63) is 11.0 Å². The van der Waals surface area contributed by atoms with Crippen LogP contribution in [-0.4, -0.2) is 0 Å². The van der Waals surface area contributed by atoms with Crippen molar-refractivity contribution in [2.24, 2.45) is 0 Å². The van der Waals surface area contributed by atoms with E-state index in [4.69, 9.17) is 12.6 Å². The molecule has 0 atom stereocenters. The molecule has 0 unspecified atom stereocenters. The Morgan fingerprint density at radius 1 is 1.83 bits per heavy atom. The van der Waals surface area contributed by atoms with Gasteiger partial charge in [-0.25, -0.2) is 0 Å². The quantitative estimate of drug-likeness (QED) is 0.476. The summed E-state index contributed by atoms with van der Waals surface area (Å²) in [6.07, 6.45) is 2.96. The van der Waals surface area contributed by atoms with Gasteiger partial charge in [-0.15, -0.1) is 0 Å². The first-order valence-corrected chi connectivity index (χ1v) is 2.54. The summed E-state index contributed by atoms with van der Waals surface area (Å²) >= 11 is 4.80. The molecular formula is C5H9S. The third kappa shape index (κ3) is 2.21. The molecule has 6 heavy (non-hydrogen) atoms. The van der Waals surface area contributed by atoms with E-state index in [1.807, 2.05) is 13.0 Å². The van der Waals surface area contributed by atoms with Gasteiger partial charge in [-0.3, -0.25) is 0 Å². The summed E-state index contributed by atoms with van der Waals surface area (Å²) in [4.78, 5) is 1.05. The molecule has 0 heterocycles. The average Bonchev–Trinajstić information content (AvgIpc) is 1.65. The van der Waals surface area contributed by atoms with Crippen molar-refractivity contribution in [2.75, 3.05) is 0 Å². The zero-order chi connectivity index (χ0) is 4.99. The van der Waals surface area contributed by atoms with Gasteiger partial charge in [-0.05, 0) is 13.3 Å². The highest BCUT2D eigenvalue weighted by Crippen LogP contribution is 2.02. The van der Waals surface area contributed by atoms with Gasteiger partial charge in [0.05, 0.1) is 0 Å². The third-order valence-electron chi connectivity index (χ3n) is 0.670. The van der Waals surface area contributed by atoms with Crippen molar-refractivity contribution in [3.63, 3.8) is 0 Å². The zero-order valence-electron chi connectivity index (χ0n) is 4.19. The highest BCUT2D eigenvalue weighted by atomic mass is 32.1. The maximum absolute atomic E-state index is 4.80. The second-order valence-electron chi connectivity index (χ2n) is 1.11. The van der Waals surface area contributed by atoms with Crippen molar-refractivity contribution >= 4 is 12.6 Å². The van der Waals surface area contributed by atoms with Gasteiger partial charge in [0.2, 0.25) is 0 Å². The molecule has 35 valence electrons. The fourth-order valence-corrected chi connectivity index (χ4v) is 0.204.